The lowest BCUT2D eigenvalue weighted by molar-refractivity contribution is 0.292. The summed E-state index contributed by atoms with van der Waals surface area (Å²) in [4.78, 5) is 20.1. The van der Waals surface area contributed by atoms with E-state index in [2.05, 4.69) is 43.0 Å². The molecule has 2 aromatic carbocycles. The summed E-state index contributed by atoms with van der Waals surface area (Å²) in [5, 5.41) is 11.0. The summed E-state index contributed by atoms with van der Waals surface area (Å²) in [6, 6.07) is 14.7. The maximum atomic E-state index is 13.1. The van der Waals surface area contributed by atoms with E-state index in [-0.39, 0.29) is 16.5 Å². The van der Waals surface area contributed by atoms with Crippen molar-refractivity contribution >= 4 is 27.7 Å². The van der Waals surface area contributed by atoms with Crippen molar-refractivity contribution in [3.05, 3.63) is 69.3 Å². The summed E-state index contributed by atoms with van der Waals surface area (Å²) in [6.45, 7) is 5.74. The molecular formula is C28H28N4O2. The van der Waals surface area contributed by atoms with Crippen LogP contribution < -0.4 is 10.5 Å². The standard InChI is InChI=1S/C28H28N4O2/c1-17-4-9-24-22(14-17)30-27(34-24)28(2)10-12-32(13-11-28)25-20-15-19(18-5-6-18)7-8-23(20)31(3)26(33)21(25)16-29/h4,7-9,14-15,18H,5-6,10-13H2,1-3H3. The first-order chi connectivity index (χ1) is 16.4. The molecule has 6 rings (SSSR count). The number of hydrogen-bond donors (Lipinski definition) is 0. The molecule has 6 heteroatoms. The van der Waals surface area contributed by atoms with Gasteiger partial charge in [-0.25, -0.2) is 4.98 Å². The Morgan fingerprint density at radius 2 is 1.91 bits per heavy atom. The number of benzene rings is 2. The Bertz CT molecular complexity index is 1540. The van der Waals surface area contributed by atoms with Crippen LogP contribution in [0.1, 0.15) is 61.1 Å². The van der Waals surface area contributed by atoms with Gasteiger partial charge in [0.2, 0.25) is 5.89 Å². The average Bonchev–Trinajstić information content (AvgIpc) is 3.60. The fourth-order valence-electron chi connectivity index (χ4n) is 5.38. The highest BCUT2D eigenvalue weighted by atomic mass is 16.3. The van der Waals surface area contributed by atoms with E-state index in [4.69, 9.17) is 9.40 Å². The molecule has 0 atom stereocenters. The molecule has 4 aromatic rings. The molecule has 6 nitrogen and oxygen atoms in total. The molecular weight excluding hydrogens is 424 g/mol. The van der Waals surface area contributed by atoms with E-state index in [9.17, 15) is 10.1 Å². The number of piperidine rings is 1. The lowest BCUT2D eigenvalue weighted by Gasteiger charge is -2.39. The van der Waals surface area contributed by atoms with E-state index < -0.39 is 0 Å². The van der Waals surface area contributed by atoms with Crippen LogP contribution in [0.5, 0.6) is 0 Å². The van der Waals surface area contributed by atoms with Crippen LogP contribution in [-0.4, -0.2) is 22.6 Å². The van der Waals surface area contributed by atoms with Gasteiger partial charge >= 0.3 is 0 Å². The van der Waals surface area contributed by atoms with Gasteiger partial charge in [0.15, 0.2) is 5.58 Å². The Kier molecular flexibility index (Phi) is 4.60. The van der Waals surface area contributed by atoms with Crippen LogP contribution in [0, 0.1) is 18.3 Å². The van der Waals surface area contributed by atoms with Crippen molar-refractivity contribution in [2.75, 3.05) is 18.0 Å². The molecule has 0 unspecified atom stereocenters. The normalized spacial score (nSPS) is 17.9. The van der Waals surface area contributed by atoms with Crippen molar-refractivity contribution in [1.29, 1.82) is 5.26 Å². The zero-order valence-electron chi connectivity index (χ0n) is 19.9. The van der Waals surface area contributed by atoms with Crippen LogP contribution in [0.25, 0.3) is 22.0 Å². The van der Waals surface area contributed by atoms with Gasteiger partial charge in [-0.1, -0.05) is 19.1 Å². The number of anilines is 1. The van der Waals surface area contributed by atoms with Crippen LogP contribution in [0.15, 0.2) is 45.6 Å². The first-order valence-electron chi connectivity index (χ1n) is 12.1. The monoisotopic (exact) mass is 452 g/mol. The Balaban J connectivity index is 1.39. The van der Waals surface area contributed by atoms with Crippen molar-refractivity contribution in [2.24, 2.45) is 7.05 Å². The zero-order chi connectivity index (χ0) is 23.6. The molecule has 2 fully saturated rings. The number of aromatic nitrogens is 2. The molecule has 1 saturated heterocycles. The largest absolute Gasteiger partial charge is 0.440 e. The molecule has 0 spiro atoms. The number of aryl methyl sites for hydroxylation is 2. The lowest BCUT2D eigenvalue weighted by Crippen LogP contribution is -2.42. The smallest absolute Gasteiger partial charge is 0.270 e. The van der Waals surface area contributed by atoms with Crippen molar-refractivity contribution in [1.82, 2.24) is 9.55 Å². The Hall–Kier alpha value is -3.59. The second-order valence-corrected chi connectivity index (χ2v) is 10.3. The number of oxazole rings is 1. The van der Waals surface area contributed by atoms with E-state index in [1.54, 1.807) is 11.6 Å². The third-order valence-corrected chi connectivity index (χ3v) is 7.80. The van der Waals surface area contributed by atoms with Crippen molar-refractivity contribution < 1.29 is 4.42 Å². The first-order valence-corrected chi connectivity index (χ1v) is 12.1. The van der Waals surface area contributed by atoms with Crippen molar-refractivity contribution in [2.45, 2.75) is 50.9 Å². The molecule has 0 bridgehead atoms. The molecule has 2 aliphatic rings. The van der Waals surface area contributed by atoms with Gasteiger partial charge < -0.3 is 13.9 Å². The fourth-order valence-corrected chi connectivity index (χ4v) is 5.38. The highest BCUT2D eigenvalue weighted by Gasteiger charge is 2.37. The van der Waals surface area contributed by atoms with Crippen LogP contribution in [-0.2, 0) is 12.5 Å². The summed E-state index contributed by atoms with van der Waals surface area (Å²) in [6.07, 6.45) is 4.10. The maximum Gasteiger partial charge on any atom is 0.270 e. The molecule has 0 N–H and O–H groups in total. The highest BCUT2D eigenvalue weighted by Crippen LogP contribution is 2.43. The molecule has 172 valence electrons. The molecule has 1 saturated carbocycles. The minimum Gasteiger partial charge on any atom is -0.440 e. The zero-order valence-corrected chi connectivity index (χ0v) is 19.9. The predicted octanol–water partition coefficient (Wildman–Crippen LogP) is 5.30. The quantitative estimate of drug-likeness (QED) is 0.422. The fraction of sp³-hybridized carbons (Fsp3) is 0.393. The van der Waals surface area contributed by atoms with E-state index in [0.717, 1.165) is 59.5 Å². The summed E-state index contributed by atoms with van der Waals surface area (Å²) in [5.74, 6) is 1.38. The van der Waals surface area contributed by atoms with Gasteiger partial charge in [0.25, 0.3) is 5.56 Å². The number of hydrogen-bond acceptors (Lipinski definition) is 5. The average molecular weight is 453 g/mol. The Morgan fingerprint density at radius 1 is 1.15 bits per heavy atom. The highest BCUT2D eigenvalue weighted by molar-refractivity contribution is 5.95. The molecule has 3 heterocycles. The van der Waals surface area contributed by atoms with Gasteiger partial charge in [-0.15, -0.1) is 0 Å². The summed E-state index contributed by atoms with van der Waals surface area (Å²) < 4.78 is 7.78. The van der Waals surface area contributed by atoms with E-state index in [1.165, 1.54) is 24.0 Å². The number of nitriles is 1. The van der Waals surface area contributed by atoms with Crippen LogP contribution in [0.4, 0.5) is 5.69 Å². The van der Waals surface area contributed by atoms with Crippen molar-refractivity contribution in [3.8, 4) is 6.07 Å². The maximum absolute atomic E-state index is 13.1. The lowest BCUT2D eigenvalue weighted by atomic mass is 9.80. The van der Waals surface area contributed by atoms with Gasteiger partial charge in [0.1, 0.15) is 17.1 Å². The Labute approximate surface area is 198 Å². The minimum atomic E-state index is -0.230. The number of nitrogens with zero attached hydrogens (tertiary/aromatic N) is 4. The van der Waals surface area contributed by atoms with Crippen LogP contribution >= 0.6 is 0 Å². The van der Waals surface area contributed by atoms with Gasteiger partial charge in [-0.2, -0.15) is 5.26 Å². The first kappa shape index (κ1) is 21.0. The summed E-state index contributed by atoms with van der Waals surface area (Å²) in [5.41, 5.74) is 5.68. The molecule has 0 amide bonds. The molecule has 34 heavy (non-hydrogen) atoms. The number of pyridine rings is 1. The van der Waals surface area contributed by atoms with Crippen LogP contribution in [0.2, 0.25) is 0 Å². The molecule has 2 aromatic heterocycles. The summed E-state index contributed by atoms with van der Waals surface area (Å²) in [7, 11) is 1.76. The number of rotatable bonds is 3. The summed E-state index contributed by atoms with van der Waals surface area (Å²) >= 11 is 0. The van der Waals surface area contributed by atoms with E-state index in [1.807, 2.05) is 18.2 Å². The van der Waals surface area contributed by atoms with Gasteiger partial charge in [-0.05, 0) is 73.9 Å². The van der Waals surface area contributed by atoms with E-state index >= 15 is 0 Å². The molecule has 1 aliphatic heterocycles. The van der Waals surface area contributed by atoms with Gasteiger partial charge in [-0.3, -0.25) is 4.79 Å². The Morgan fingerprint density at radius 3 is 2.62 bits per heavy atom. The van der Waals surface area contributed by atoms with Gasteiger partial charge in [0.05, 0.1) is 11.2 Å². The number of fused-ring (bicyclic) bond motifs is 2. The topological polar surface area (TPSA) is 75.1 Å². The third-order valence-electron chi connectivity index (χ3n) is 7.80. The minimum absolute atomic E-state index is 0.190. The predicted molar refractivity (Wildman–Crippen MR) is 133 cm³/mol. The molecule has 1 aliphatic carbocycles. The van der Waals surface area contributed by atoms with Crippen LogP contribution in [0.3, 0.4) is 0 Å². The van der Waals surface area contributed by atoms with Crippen molar-refractivity contribution in [3.63, 3.8) is 0 Å². The van der Waals surface area contributed by atoms with Gasteiger partial charge in [0, 0.05) is 30.9 Å². The second-order valence-electron chi connectivity index (χ2n) is 10.3. The SMILES string of the molecule is Cc1ccc2oc(C3(C)CCN(c4c(C#N)c(=O)n(C)c5ccc(C6CC6)cc45)CC3)nc2c1. The second kappa shape index (κ2) is 7.46. The third kappa shape index (κ3) is 3.22. The molecule has 0 radical (unpaired) electrons. The van der Waals surface area contributed by atoms with E-state index in [0.29, 0.717) is 5.92 Å².